The Kier molecular flexibility index (Phi) is 41.5. The maximum atomic E-state index is 3.32. The van der Waals surface area contributed by atoms with Gasteiger partial charge in [-0.15, -0.1) is 86.3 Å². The molecule has 6 aromatic carbocycles. The molecule has 0 nitrogen and oxygen atoms in total. The van der Waals surface area contributed by atoms with Crippen LogP contribution < -0.4 is 0 Å². The number of fused-ring (bicyclic) bond motifs is 12. The van der Waals surface area contributed by atoms with Gasteiger partial charge < -0.3 is 0 Å². The van der Waals surface area contributed by atoms with Crippen LogP contribution in [-0.4, -0.2) is 0 Å². The number of rotatable bonds is 0. The van der Waals surface area contributed by atoms with Gasteiger partial charge in [0.15, 0.2) is 0 Å². The summed E-state index contributed by atoms with van der Waals surface area (Å²) in [6.45, 7) is 0. The van der Waals surface area contributed by atoms with E-state index in [-0.39, 0.29) is 323 Å². The third-order valence-corrected chi connectivity index (χ3v) is 16.0. The topological polar surface area (TPSA) is 0 Å². The van der Waals surface area contributed by atoms with Crippen molar-refractivity contribution in [2.75, 3.05) is 0 Å². The average molecular weight is 2560 g/mol. The quantitative estimate of drug-likeness (QED) is 0.133. The molecular formula is C72H54W6Y6-6. The molecule has 0 saturated carbocycles. The van der Waals surface area contributed by atoms with E-state index in [0.29, 0.717) is 0 Å². The molecule has 18 rings (SSSR count). The van der Waals surface area contributed by atoms with E-state index in [4.69, 9.17) is 0 Å². The molecule has 6 radical (unpaired) electrons. The van der Waals surface area contributed by atoms with Crippen molar-refractivity contribution in [1.29, 1.82) is 0 Å². The first-order chi connectivity index (χ1) is 35.7. The number of hydrogen-bond acceptors (Lipinski definition) is 0. The van der Waals surface area contributed by atoms with E-state index in [1.54, 1.807) is 5.57 Å². The van der Waals surface area contributed by atoms with Crippen LogP contribution in [0.2, 0.25) is 0 Å². The molecule has 12 heteroatoms. The molecule has 402 valence electrons. The average Bonchev–Trinajstić information content (AvgIpc) is 3.47. The minimum absolute atomic E-state index is 0. The minimum atomic E-state index is 0. The van der Waals surface area contributed by atoms with Gasteiger partial charge in [-0.2, -0.15) is 95.6 Å². The van der Waals surface area contributed by atoms with Crippen LogP contribution >= 0.6 is 0 Å². The van der Waals surface area contributed by atoms with Crippen molar-refractivity contribution in [3.63, 3.8) is 0 Å². The summed E-state index contributed by atoms with van der Waals surface area (Å²) in [6.07, 6.45) is 42.2. The zero-order valence-corrected chi connectivity index (χ0v) is 81.3. The van der Waals surface area contributed by atoms with Gasteiger partial charge in [0, 0.05) is 323 Å². The van der Waals surface area contributed by atoms with Crippen molar-refractivity contribution in [2.45, 2.75) is 77.0 Å². The molecule has 0 aliphatic heterocycles. The summed E-state index contributed by atoms with van der Waals surface area (Å²) >= 11 is 0. The van der Waals surface area contributed by atoms with Crippen LogP contribution in [0.1, 0.15) is 105 Å². The Hall–Kier alpha value is 2.95. The Morgan fingerprint density at radius 2 is 0.810 bits per heavy atom. The number of benzene rings is 6. The normalized spacial score (nSPS) is 15.7. The molecule has 0 spiro atoms. The molecule has 0 aromatic heterocycles. The van der Waals surface area contributed by atoms with Crippen molar-refractivity contribution in [3.05, 3.63) is 319 Å². The predicted octanol–water partition coefficient (Wildman–Crippen LogP) is 16.5. The van der Waals surface area contributed by atoms with Crippen molar-refractivity contribution in [1.82, 2.24) is 0 Å². The largest absolute Gasteiger partial charge is 0.272 e. The molecule has 0 bridgehead atoms. The van der Waals surface area contributed by atoms with Gasteiger partial charge in [-0.3, -0.25) is 12.2 Å². The summed E-state index contributed by atoms with van der Waals surface area (Å²) in [7, 11) is 0. The molecular weight excluding hydrogens is 2500 g/mol. The van der Waals surface area contributed by atoms with Gasteiger partial charge in [0.1, 0.15) is 0 Å². The Morgan fingerprint density at radius 3 is 1.51 bits per heavy atom. The molecule has 0 unspecified atom stereocenters. The molecule has 6 aromatic rings. The van der Waals surface area contributed by atoms with Crippen LogP contribution in [0.4, 0.5) is 0 Å². The van der Waals surface area contributed by atoms with Crippen LogP contribution in [0.15, 0.2) is 216 Å². The van der Waals surface area contributed by atoms with Gasteiger partial charge in [0.25, 0.3) is 0 Å². The monoisotopic (exact) mass is 2560 g/mol. The molecule has 0 saturated heterocycles. The molecule has 0 N–H and O–H groups in total. The van der Waals surface area contributed by atoms with Crippen molar-refractivity contribution in [3.8, 4) is 0 Å². The standard InChI is InChI=1S/6C12H9.6W.6Y/c6*1-2-6-11-9(4-1)8-10-5-3-7-12(10)11;;;;;;;;;;;;/h2-6H,7-8H2;1,3-6H,7-8H2;1-2,4-6H,7-8H2;1-3,5-6H,7-8H2;1-4,6H,7-8H2;1-5H,7-8H2;;;;;;;;;;;;/q6*-1;;;;;;;;;;;;. The molecule has 12 aliphatic carbocycles. The summed E-state index contributed by atoms with van der Waals surface area (Å²) in [5.74, 6) is 0. The Balaban J connectivity index is 0.000000490. The van der Waals surface area contributed by atoms with Gasteiger partial charge in [-0.1, -0.05) is 160 Å². The summed E-state index contributed by atoms with van der Waals surface area (Å²) < 4.78 is 0. The van der Waals surface area contributed by atoms with Gasteiger partial charge in [-0.25, -0.2) is 11.6 Å². The van der Waals surface area contributed by atoms with Gasteiger partial charge >= 0.3 is 0 Å². The second-order valence-electron chi connectivity index (χ2n) is 20.2. The van der Waals surface area contributed by atoms with Crippen LogP contribution in [0.3, 0.4) is 0 Å². The predicted molar refractivity (Wildman–Crippen MR) is 298 cm³/mol. The summed E-state index contributed by atoms with van der Waals surface area (Å²) in [5.41, 5.74) is 35.4. The Morgan fingerprint density at radius 1 is 0.333 bits per heavy atom. The molecule has 0 amide bonds. The second-order valence-corrected chi connectivity index (χ2v) is 20.2. The van der Waals surface area contributed by atoms with Crippen LogP contribution in [0.25, 0.3) is 33.4 Å². The van der Waals surface area contributed by atoms with E-state index in [1.165, 1.54) is 128 Å². The van der Waals surface area contributed by atoms with E-state index in [0.717, 1.165) is 77.0 Å². The maximum Gasteiger partial charge on any atom is 0 e. The zero-order valence-electron chi connectivity index (χ0n) is 46.7. The molecule has 0 atom stereocenters. The van der Waals surface area contributed by atoms with Crippen LogP contribution in [-0.2, 0) is 361 Å². The first-order valence-electron chi connectivity index (χ1n) is 26.0. The van der Waals surface area contributed by atoms with E-state index in [1.807, 2.05) is 24.3 Å². The first kappa shape index (κ1) is 85.0. The molecule has 84 heavy (non-hydrogen) atoms. The fourth-order valence-corrected chi connectivity index (χ4v) is 12.5. The van der Waals surface area contributed by atoms with Gasteiger partial charge in [0.05, 0.1) is 0 Å². The number of hydrogen-bond donors (Lipinski definition) is 0. The van der Waals surface area contributed by atoms with E-state index in [2.05, 4.69) is 194 Å². The Bertz CT molecular complexity index is 3040. The smallest absolute Gasteiger partial charge is 0 e. The fourth-order valence-electron chi connectivity index (χ4n) is 12.5. The van der Waals surface area contributed by atoms with Crippen molar-refractivity contribution < 1.29 is 323 Å². The van der Waals surface area contributed by atoms with Crippen LogP contribution in [0, 0.1) is 36.4 Å². The van der Waals surface area contributed by atoms with Crippen molar-refractivity contribution in [2.24, 2.45) is 0 Å². The summed E-state index contributed by atoms with van der Waals surface area (Å²) in [5, 5.41) is 0. The molecule has 0 heterocycles. The van der Waals surface area contributed by atoms with Gasteiger partial charge in [0.2, 0.25) is 0 Å². The van der Waals surface area contributed by atoms with E-state index < -0.39 is 0 Å². The van der Waals surface area contributed by atoms with E-state index >= 15 is 0 Å². The summed E-state index contributed by atoms with van der Waals surface area (Å²) in [4.78, 5) is 0. The van der Waals surface area contributed by atoms with Gasteiger partial charge in [-0.05, 0) is 63.4 Å². The third kappa shape index (κ3) is 19.1. The first-order valence-corrected chi connectivity index (χ1v) is 26.0. The maximum absolute atomic E-state index is 3.32. The van der Waals surface area contributed by atoms with E-state index in [9.17, 15) is 0 Å². The summed E-state index contributed by atoms with van der Waals surface area (Å²) in [6, 6.07) is 55.4. The second kappa shape index (κ2) is 41.0. The molecule has 12 aliphatic rings. The third-order valence-electron chi connectivity index (χ3n) is 16.0. The Labute approximate surface area is 737 Å². The SMILES string of the molecule is [C-]1=CC2=C(C1)c1ccccc1C2.[C-]1=CCC2=C1Cc1ccccc12.[W].[W].[W].[W].[W].[W].[Y].[Y].[Y].[Y].[Y].[Y].[c-]1ccc2c(c1)C1=C(C=CC1)C2.[c-]1ccc2c(c1)CC1=C2CC=C1.[c-]1cccc2c1C1=C(C=CC1)C2.[c-]1cccc2c1CC1=C2CC=C1. The number of allylic oxidation sites excluding steroid dienone is 24. The van der Waals surface area contributed by atoms with Crippen molar-refractivity contribution >= 4 is 33.4 Å². The molecule has 0 fully saturated rings. The fraction of sp³-hybridized carbons (Fsp3) is 0.167. The minimum Gasteiger partial charge on any atom is -0.272 e. The van der Waals surface area contributed by atoms with Crippen LogP contribution in [0.5, 0.6) is 0 Å². The zero-order chi connectivity index (χ0) is 47.8.